The van der Waals surface area contributed by atoms with Crippen LogP contribution >= 0.6 is 0 Å². The minimum atomic E-state index is -0.437. The molecule has 0 spiro atoms. The highest BCUT2D eigenvalue weighted by atomic mass is 16.2. The Morgan fingerprint density at radius 2 is 1.80 bits per heavy atom. The zero-order valence-electron chi connectivity index (χ0n) is 12.7. The smallest absolute Gasteiger partial charge is 0.243 e. The maximum absolute atomic E-state index is 12.2. The Morgan fingerprint density at radius 1 is 1.20 bits per heavy atom. The van der Waals surface area contributed by atoms with E-state index in [2.05, 4.69) is 5.32 Å². The Morgan fingerprint density at radius 3 is 2.25 bits per heavy atom. The maximum atomic E-state index is 12.2. The van der Waals surface area contributed by atoms with E-state index in [1.807, 2.05) is 51.1 Å². The zero-order chi connectivity index (χ0) is 15.1. The lowest BCUT2D eigenvalue weighted by Gasteiger charge is -2.32. The van der Waals surface area contributed by atoms with E-state index in [0.717, 1.165) is 5.56 Å². The van der Waals surface area contributed by atoms with Crippen molar-refractivity contribution in [3.63, 3.8) is 0 Å². The van der Waals surface area contributed by atoms with Crippen LogP contribution in [0.5, 0.6) is 0 Å². The first-order valence-electron chi connectivity index (χ1n) is 7.06. The topological polar surface area (TPSA) is 49.4 Å². The summed E-state index contributed by atoms with van der Waals surface area (Å²) in [6.07, 6.45) is 0. The van der Waals surface area contributed by atoms with Gasteiger partial charge in [-0.15, -0.1) is 0 Å². The first kappa shape index (κ1) is 16.2. The Kier molecular flexibility index (Phi) is 6.22. The molecule has 1 aromatic carbocycles. The van der Waals surface area contributed by atoms with Crippen molar-refractivity contribution in [3.05, 3.63) is 35.9 Å². The number of benzene rings is 1. The van der Waals surface area contributed by atoms with Gasteiger partial charge < -0.3 is 10.2 Å². The van der Waals surface area contributed by atoms with Crippen LogP contribution in [-0.2, 0) is 16.1 Å². The third kappa shape index (κ3) is 4.37. The molecule has 0 aliphatic heterocycles. The molecule has 4 heteroatoms. The number of carbonyl (C=O) groups is 2. The van der Waals surface area contributed by atoms with E-state index in [0.29, 0.717) is 13.1 Å². The van der Waals surface area contributed by atoms with Crippen molar-refractivity contribution in [1.29, 1.82) is 0 Å². The molecule has 1 unspecified atom stereocenters. The average Bonchev–Trinajstić information content (AvgIpc) is 2.39. The van der Waals surface area contributed by atoms with Crippen LogP contribution in [0.1, 0.15) is 33.3 Å². The zero-order valence-corrected chi connectivity index (χ0v) is 12.7. The number of nitrogens with one attached hydrogen (secondary N) is 1. The molecule has 1 atom stereocenters. The van der Waals surface area contributed by atoms with Gasteiger partial charge in [0.05, 0.1) is 0 Å². The number of nitrogens with zero attached hydrogens (tertiary/aromatic N) is 1. The van der Waals surface area contributed by atoms with Gasteiger partial charge >= 0.3 is 0 Å². The molecule has 0 fully saturated rings. The number of hydrogen-bond acceptors (Lipinski definition) is 2. The van der Waals surface area contributed by atoms with E-state index in [4.69, 9.17) is 0 Å². The predicted octanol–water partition coefficient (Wildman–Crippen LogP) is 2.20. The van der Waals surface area contributed by atoms with E-state index in [-0.39, 0.29) is 17.7 Å². The van der Waals surface area contributed by atoms with Gasteiger partial charge in [0.15, 0.2) is 0 Å². The molecular weight excluding hydrogens is 252 g/mol. The van der Waals surface area contributed by atoms with Crippen LogP contribution in [-0.4, -0.2) is 29.3 Å². The standard InChI is InChI=1S/C16H24N2O2/c1-5-17-16(20)15(12(2)3)18(13(4)19)11-14-9-7-6-8-10-14/h6-10,12,15H,5,11H2,1-4H3,(H,17,20). The average molecular weight is 276 g/mol. The van der Waals surface area contributed by atoms with Crippen LogP contribution in [0.4, 0.5) is 0 Å². The monoisotopic (exact) mass is 276 g/mol. The summed E-state index contributed by atoms with van der Waals surface area (Å²) in [7, 11) is 0. The van der Waals surface area contributed by atoms with Gasteiger partial charge in [0, 0.05) is 20.0 Å². The van der Waals surface area contributed by atoms with Gasteiger partial charge in [-0.2, -0.15) is 0 Å². The third-order valence-corrected chi connectivity index (χ3v) is 3.19. The Hall–Kier alpha value is -1.84. The second-order valence-corrected chi connectivity index (χ2v) is 5.22. The fourth-order valence-corrected chi connectivity index (χ4v) is 2.27. The van der Waals surface area contributed by atoms with E-state index < -0.39 is 6.04 Å². The van der Waals surface area contributed by atoms with Crippen LogP contribution < -0.4 is 5.32 Å². The first-order valence-corrected chi connectivity index (χ1v) is 7.06. The first-order chi connectivity index (χ1) is 9.47. The van der Waals surface area contributed by atoms with Crippen molar-refractivity contribution in [2.45, 2.75) is 40.3 Å². The number of hydrogen-bond donors (Lipinski definition) is 1. The van der Waals surface area contributed by atoms with Crippen molar-refractivity contribution in [1.82, 2.24) is 10.2 Å². The molecule has 0 aliphatic rings. The molecule has 0 aliphatic carbocycles. The highest BCUT2D eigenvalue weighted by Gasteiger charge is 2.30. The van der Waals surface area contributed by atoms with Gasteiger partial charge in [0.1, 0.15) is 6.04 Å². The molecule has 20 heavy (non-hydrogen) atoms. The summed E-state index contributed by atoms with van der Waals surface area (Å²) in [5.74, 6) is -0.110. The number of rotatable bonds is 6. The Balaban J connectivity index is 2.97. The van der Waals surface area contributed by atoms with Crippen molar-refractivity contribution >= 4 is 11.8 Å². The van der Waals surface area contributed by atoms with Crippen molar-refractivity contribution in [2.75, 3.05) is 6.54 Å². The van der Waals surface area contributed by atoms with Gasteiger partial charge in [-0.25, -0.2) is 0 Å². The van der Waals surface area contributed by atoms with Crippen LogP contribution in [0.25, 0.3) is 0 Å². The molecule has 0 radical (unpaired) electrons. The Bertz CT molecular complexity index is 443. The lowest BCUT2D eigenvalue weighted by atomic mass is 10.0. The molecular formula is C16H24N2O2. The molecule has 0 saturated heterocycles. The molecule has 1 N–H and O–H groups in total. The van der Waals surface area contributed by atoms with Gasteiger partial charge in [-0.05, 0) is 18.4 Å². The quantitative estimate of drug-likeness (QED) is 0.866. The number of amides is 2. The molecule has 1 rings (SSSR count). The lowest BCUT2D eigenvalue weighted by Crippen LogP contribution is -2.51. The predicted molar refractivity (Wildman–Crippen MR) is 80.0 cm³/mol. The Labute approximate surface area is 121 Å². The van der Waals surface area contributed by atoms with E-state index in [9.17, 15) is 9.59 Å². The highest BCUT2D eigenvalue weighted by molar-refractivity contribution is 5.87. The summed E-state index contributed by atoms with van der Waals surface area (Å²) < 4.78 is 0. The van der Waals surface area contributed by atoms with Crippen molar-refractivity contribution in [2.24, 2.45) is 5.92 Å². The summed E-state index contributed by atoms with van der Waals surface area (Å²) in [5.41, 5.74) is 1.03. The summed E-state index contributed by atoms with van der Waals surface area (Å²) in [5, 5.41) is 2.82. The van der Waals surface area contributed by atoms with E-state index in [1.165, 1.54) is 6.92 Å². The molecule has 4 nitrogen and oxygen atoms in total. The van der Waals surface area contributed by atoms with Gasteiger partial charge in [0.2, 0.25) is 11.8 Å². The molecule has 0 heterocycles. The van der Waals surface area contributed by atoms with Crippen LogP contribution in [0.3, 0.4) is 0 Å². The van der Waals surface area contributed by atoms with E-state index >= 15 is 0 Å². The summed E-state index contributed by atoms with van der Waals surface area (Å²) in [4.78, 5) is 25.8. The second kappa shape index (κ2) is 7.68. The SMILES string of the molecule is CCNC(=O)C(C(C)C)N(Cc1ccccc1)C(C)=O. The second-order valence-electron chi connectivity index (χ2n) is 5.22. The van der Waals surface area contributed by atoms with Gasteiger partial charge in [-0.1, -0.05) is 44.2 Å². The molecule has 0 saturated carbocycles. The number of carbonyl (C=O) groups excluding carboxylic acids is 2. The fourth-order valence-electron chi connectivity index (χ4n) is 2.27. The highest BCUT2D eigenvalue weighted by Crippen LogP contribution is 2.15. The van der Waals surface area contributed by atoms with Gasteiger partial charge in [-0.3, -0.25) is 9.59 Å². The normalized spacial score (nSPS) is 12.1. The lowest BCUT2D eigenvalue weighted by molar-refractivity contribution is -0.141. The third-order valence-electron chi connectivity index (χ3n) is 3.19. The summed E-state index contributed by atoms with van der Waals surface area (Å²) in [6.45, 7) is 8.33. The molecule has 1 aromatic rings. The largest absolute Gasteiger partial charge is 0.355 e. The fraction of sp³-hybridized carbons (Fsp3) is 0.500. The van der Waals surface area contributed by atoms with E-state index in [1.54, 1.807) is 4.90 Å². The van der Waals surface area contributed by atoms with Crippen LogP contribution in [0, 0.1) is 5.92 Å². The van der Waals surface area contributed by atoms with Crippen molar-refractivity contribution in [3.8, 4) is 0 Å². The molecule has 0 bridgehead atoms. The van der Waals surface area contributed by atoms with Crippen molar-refractivity contribution < 1.29 is 9.59 Å². The summed E-state index contributed by atoms with van der Waals surface area (Å²) >= 11 is 0. The molecule has 2 amide bonds. The number of likely N-dealkylation sites (N-methyl/N-ethyl adjacent to an activating group) is 1. The molecule has 0 aromatic heterocycles. The summed E-state index contributed by atoms with van der Waals surface area (Å²) in [6, 6.07) is 9.29. The van der Waals surface area contributed by atoms with Crippen LogP contribution in [0.15, 0.2) is 30.3 Å². The molecule has 110 valence electrons. The minimum Gasteiger partial charge on any atom is -0.355 e. The van der Waals surface area contributed by atoms with Crippen LogP contribution in [0.2, 0.25) is 0 Å². The minimum absolute atomic E-state index is 0.0640. The van der Waals surface area contributed by atoms with Gasteiger partial charge in [0.25, 0.3) is 0 Å². The maximum Gasteiger partial charge on any atom is 0.243 e.